The smallest absolute Gasteiger partial charge is 0.193 e. The van der Waals surface area contributed by atoms with Crippen LogP contribution in [0.5, 0.6) is 0 Å². The summed E-state index contributed by atoms with van der Waals surface area (Å²) >= 11 is 5.25. The summed E-state index contributed by atoms with van der Waals surface area (Å²) in [6, 6.07) is 3.77. The Morgan fingerprint density at radius 2 is 1.71 bits per heavy atom. The number of ether oxygens (including phenoxy) is 1. The van der Waals surface area contributed by atoms with E-state index in [4.69, 9.17) is 17.0 Å². The number of hydrogen-bond acceptors (Lipinski definition) is 3. The molecule has 2 nitrogen and oxygen atoms in total. The van der Waals surface area contributed by atoms with Gasteiger partial charge in [0, 0.05) is 18.0 Å². The predicted molar refractivity (Wildman–Crippen MR) is 107 cm³/mol. The molecule has 0 saturated carbocycles. The lowest BCUT2D eigenvalue weighted by molar-refractivity contribution is 0.360. The van der Waals surface area contributed by atoms with E-state index in [1.807, 2.05) is 12.1 Å². The first kappa shape index (κ1) is 20.3. The monoisotopic (exact) mass is 343 g/mol. The first-order valence-corrected chi connectivity index (χ1v) is 8.91. The minimum atomic E-state index is 0.502. The van der Waals surface area contributed by atoms with Crippen LogP contribution in [0.1, 0.15) is 58.9 Å². The topological polar surface area (TPSA) is 22.1 Å². The van der Waals surface area contributed by atoms with Crippen LogP contribution < -0.4 is 0 Å². The van der Waals surface area contributed by atoms with Crippen molar-refractivity contribution in [2.75, 3.05) is 6.61 Å². The van der Waals surface area contributed by atoms with Gasteiger partial charge in [0.2, 0.25) is 0 Å². The number of aromatic nitrogens is 1. The van der Waals surface area contributed by atoms with Gasteiger partial charge in [-0.25, -0.2) is 0 Å². The van der Waals surface area contributed by atoms with Gasteiger partial charge in [-0.05, 0) is 83.8 Å². The molecule has 0 fully saturated rings. The van der Waals surface area contributed by atoms with Crippen LogP contribution >= 0.6 is 12.2 Å². The minimum Gasteiger partial charge on any atom is -0.479 e. The van der Waals surface area contributed by atoms with E-state index in [-0.39, 0.29) is 0 Å². The molecule has 1 rings (SSSR count). The fourth-order valence-electron chi connectivity index (χ4n) is 2.17. The summed E-state index contributed by atoms with van der Waals surface area (Å²) in [5.74, 6) is 0. The maximum absolute atomic E-state index is 5.59. The van der Waals surface area contributed by atoms with Crippen LogP contribution in [0.2, 0.25) is 0 Å². The lowest BCUT2D eigenvalue weighted by Crippen LogP contribution is -2.04. The highest BCUT2D eigenvalue weighted by molar-refractivity contribution is 7.80. The fourth-order valence-corrected chi connectivity index (χ4v) is 2.35. The summed E-state index contributed by atoms with van der Waals surface area (Å²) in [7, 11) is 0. The summed E-state index contributed by atoms with van der Waals surface area (Å²) in [5, 5.41) is 0.502. The number of pyridine rings is 1. The highest BCUT2D eigenvalue weighted by Gasteiger charge is 2.00. The minimum absolute atomic E-state index is 0.502. The van der Waals surface area contributed by atoms with E-state index in [1.165, 1.54) is 16.7 Å². The van der Waals surface area contributed by atoms with E-state index in [0.717, 1.165) is 31.2 Å². The van der Waals surface area contributed by atoms with E-state index in [2.05, 4.69) is 50.9 Å². The second kappa shape index (κ2) is 11.7. The molecule has 0 amide bonds. The average Bonchev–Trinajstić information content (AvgIpc) is 2.55. The van der Waals surface area contributed by atoms with Gasteiger partial charge in [-0.15, -0.1) is 0 Å². The number of nitrogens with zero attached hydrogens (tertiary/aromatic N) is 1. The molecule has 1 aromatic rings. The Balaban J connectivity index is 2.27. The van der Waals surface area contributed by atoms with Gasteiger partial charge >= 0.3 is 0 Å². The van der Waals surface area contributed by atoms with Crippen molar-refractivity contribution in [3.63, 3.8) is 0 Å². The van der Waals surface area contributed by atoms with Gasteiger partial charge in [-0.2, -0.15) is 0 Å². The van der Waals surface area contributed by atoms with Crippen molar-refractivity contribution >= 4 is 17.3 Å². The molecular formula is C21H29NOS. The number of rotatable bonds is 9. The first-order chi connectivity index (χ1) is 11.5. The maximum Gasteiger partial charge on any atom is 0.193 e. The van der Waals surface area contributed by atoms with Gasteiger partial charge in [0.1, 0.15) is 6.61 Å². The van der Waals surface area contributed by atoms with Crippen molar-refractivity contribution in [2.45, 2.75) is 53.4 Å². The molecule has 0 spiro atoms. The molecule has 0 aliphatic carbocycles. The van der Waals surface area contributed by atoms with E-state index >= 15 is 0 Å². The molecule has 0 N–H and O–H groups in total. The third-order valence-corrected chi connectivity index (χ3v) is 4.02. The summed E-state index contributed by atoms with van der Waals surface area (Å²) < 4.78 is 5.59. The van der Waals surface area contributed by atoms with Gasteiger partial charge in [0.15, 0.2) is 5.05 Å². The molecule has 0 atom stereocenters. The lowest BCUT2D eigenvalue weighted by Gasteiger charge is -2.05. The third-order valence-electron chi connectivity index (χ3n) is 3.67. The zero-order chi connectivity index (χ0) is 17.8. The van der Waals surface area contributed by atoms with Gasteiger partial charge in [0.25, 0.3) is 0 Å². The molecule has 0 radical (unpaired) electrons. The third kappa shape index (κ3) is 9.41. The Bertz CT molecular complexity index is 596. The second-order valence-electron chi connectivity index (χ2n) is 6.30. The van der Waals surface area contributed by atoms with Crippen molar-refractivity contribution in [3.8, 4) is 0 Å². The van der Waals surface area contributed by atoms with Crippen molar-refractivity contribution in [1.82, 2.24) is 4.98 Å². The van der Waals surface area contributed by atoms with Crippen LogP contribution in [0.3, 0.4) is 0 Å². The van der Waals surface area contributed by atoms with Crippen LogP contribution in [0.15, 0.2) is 59.5 Å². The molecule has 130 valence electrons. The standard InChI is InChI=1S/C21H29NOS/c1-17(2)8-5-9-18(3)10-6-11-19(4)13-15-23-21(24)20-12-7-14-22-16-20/h7-8,10,12-14,16H,5-6,9,11,15H2,1-4H3/b18-10-,19-13-. The Morgan fingerprint density at radius 3 is 2.33 bits per heavy atom. The van der Waals surface area contributed by atoms with Gasteiger partial charge < -0.3 is 4.74 Å². The largest absolute Gasteiger partial charge is 0.479 e. The Labute approximate surface area is 152 Å². The molecule has 1 heterocycles. The van der Waals surface area contributed by atoms with E-state index in [0.29, 0.717) is 11.7 Å². The molecule has 24 heavy (non-hydrogen) atoms. The summed E-state index contributed by atoms with van der Waals surface area (Å²) in [4.78, 5) is 4.04. The Kier molecular flexibility index (Phi) is 9.94. The molecule has 0 aliphatic rings. The quantitative estimate of drug-likeness (QED) is 0.394. The van der Waals surface area contributed by atoms with E-state index < -0.39 is 0 Å². The summed E-state index contributed by atoms with van der Waals surface area (Å²) in [6.45, 7) is 9.17. The van der Waals surface area contributed by atoms with E-state index in [1.54, 1.807) is 12.4 Å². The predicted octanol–water partition coefficient (Wildman–Crippen LogP) is 6.19. The number of thiocarbonyl (C=S) groups is 1. The summed E-state index contributed by atoms with van der Waals surface area (Å²) in [6.07, 6.45) is 14.6. The van der Waals surface area contributed by atoms with E-state index in [9.17, 15) is 0 Å². The summed E-state index contributed by atoms with van der Waals surface area (Å²) in [5.41, 5.74) is 5.05. The lowest BCUT2D eigenvalue weighted by atomic mass is 10.1. The fraction of sp³-hybridized carbons (Fsp3) is 0.429. The van der Waals surface area contributed by atoms with Gasteiger partial charge in [-0.3, -0.25) is 4.98 Å². The van der Waals surface area contributed by atoms with Crippen LogP contribution in [-0.4, -0.2) is 16.6 Å². The zero-order valence-corrected chi connectivity index (χ0v) is 16.2. The van der Waals surface area contributed by atoms with Crippen molar-refractivity contribution in [2.24, 2.45) is 0 Å². The van der Waals surface area contributed by atoms with Crippen LogP contribution in [-0.2, 0) is 4.74 Å². The van der Waals surface area contributed by atoms with Crippen LogP contribution in [0, 0.1) is 0 Å². The molecule has 0 aromatic carbocycles. The van der Waals surface area contributed by atoms with Gasteiger partial charge in [-0.1, -0.05) is 28.9 Å². The van der Waals surface area contributed by atoms with Gasteiger partial charge in [0.05, 0.1) is 0 Å². The number of hydrogen-bond donors (Lipinski definition) is 0. The molecule has 1 aromatic heterocycles. The van der Waals surface area contributed by atoms with Crippen LogP contribution in [0.4, 0.5) is 0 Å². The average molecular weight is 344 g/mol. The maximum atomic E-state index is 5.59. The second-order valence-corrected chi connectivity index (χ2v) is 6.67. The zero-order valence-electron chi connectivity index (χ0n) is 15.3. The molecule has 0 saturated heterocycles. The Morgan fingerprint density at radius 1 is 1.04 bits per heavy atom. The Hall–Kier alpha value is -1.74. The van der Waals surface area contributed by atoms with Crippen molar-refractivity contribution in [3.05, 3.63) is 65.0 Å². The normalized spacial score (nSPS) is 12.0. The highest BCUT2D eigenvalue weighted by Crippen LogP contribution is 2.11. The molecule has 0 aliphatic heterocycles. The van der Waals surface area contributed by atoms with Crippen molar-refractivity contribution < 1.29 is 4.74 Å². The highest BCUT2D eigenvalue weighted by atomic mass is 32.1. The molecule has 0 unspecified atom stereocenters. The van der Waals surface area contributed by atoms with Crippen LogP contribution in [0.25, 0.3) is 0 Å². The first-order valence-electron chi connectivity index (χ1n) is 8.51. The van der Waals surface area contributed by atoms with Crippen molar-refractivity contribution in [1.29, 1.82) is 0 Å². The molecule has 3 heteroatoms. The SMILES string of the molecule is CC(C)=CCC/C(C)=C\CC/C(C)=C\COC(=S)c1cccnc1. The molecule has 0 bridgehead atoms. The number of allylic oxidation sites excluding steroid dienone is 5. The molecular weight excluding hydrogens is 314 g/mol.